The molecule has 2 aromatic carbocycles. The van der Waals surface area contributed by atoms with Gasteiger partial charge in [0.2, 0.25) is 0 Å². The van der Waals surface area contributed by atoms with E-state index in [1.165, 1.54) is 12.4 Å². The fraction of sp³-hybridized carbons (Fsp3) is 0.150. The number of hydrogen-bond acceptors (Lipinski definition) is 5. The highest BCUT2D eigenvalue weighted by Gasteiger charge is 2.08. The Bertz CT molecular complexity index is 916. The molecule has 0 fully saturated rings. The van der Waals surface area contributed by atoms with Crippen LogP contribution in [0.15, 0.2) is 60.9 Å². The van der Waals surface area contributed by atoms with Crippen molar-refractivity contribution in [3.05, 3.63) is 77.2 Å². The molecular weight excluding hydrogens is 364 g/mol. The number of amides is 1. The van der Waals surface area contributed by atoms with Gasteiger partial charge >= 0.3 is 0 Å². The van der Waals surface area contributed by atoms with E-state index in [2.05, 4.69) is 20.6 Å². The van der Waals surface area contributed by atoms with Gasteiger partial charge in [-0.15, -0.1) is 0 Å². The summed E-state index contributed by atoms with van der Waals surface area (Å²) in [5.74, 6) is 1.07. The molecule has 7 heteroatoms. The number of anilines is 2. The molecule has 3 aromatic rings. The van der Waals surface area contributed by atoms with Crippen molar-refractivity contribution >= 4 is 29.0 Å². The van der Waals surface area contributed by atoms with E-state index < -0.39 is 0 Å². The number of halogens is 1. The number of nitrogens with one attached hydrogen (secondary N) is 2. The lowest BCUT2D eigenvalue weighted by molar-refractivity contribution is 0.0949. The lowest BCUT2D eigenvalue weighted by atomic mass is 10.1. The summed E-state index contributed by atoms with van der Waals surface area (Å²) in [5, 5.41) is 6.55. The van der Waals surface area contributed by atoms with Crippen molar-refractivity contribution in [2.75, 3.05) is 19.0 Å². The lowest BCUT2D eigenvalue weighted by Crippen LogP contribution is -2.26. The van der Waals surface area contributed by atoms with Crippen molar-refractivity contribution in [1.82, 2.24) is 15.3 Å². The predicted molar refractivity (Wildman–Crippen MR) is 106 cm³/mol. The first-order valence-electron chi connectivity index (χ1n) is 8.40. The Labute approximate surface area is 162 Å². The second-order valence-corrected chi connectivity index (χ2v) is 6.22. The molecule has 0 bridgehead atoms. The Morgan fingerprint density at radius 3 is 2.70 bits per heavy atom. The van der Waals surface area contributed by atoms with Crippen molar-refractivity contribution in [3.63, 3.8) is 0 Å². The third-order valence-corrected chi connectivity index (χ3v) is 4.05. The summed E-state index contributed by atoms with van der Waals surface area (Å²) in [6.07, 6.45) is 3.65. The number of rotatable bonds is 7. The SMILES string of the molecule is COc1cccc(CCNC(=O)c2cnc(Nc3cccc(Cl)c3)cn2)c1. The van der Waals surface area contributed by atoms with Gasteiger partial charge in [0, 0.05) is 17.3 Å². The molecule has 0 spiro atoms. The van der Waals surface area contributed by atoms with Crippen LogP contribution in [-0.4, -0.2) is 29.5 Å². The smallest absolute Gasteiger partial charge is 0.271 e. The van der Waals surface area contributed by atoms with Gasteiger partial charge in [0.25, 0.3) is 5.91 Å². The summed E-state index contributed by atoms with van der Waals surface area (Å²) in [6, 6.07) is 15.0. The summed E-state index contributed by atoms with van der Waals surface area (Å²) >= 11 is 5.95. The lowest BCUT2D eigenvalue weighted by Gasteiger charge is -2.08. The maximum absolute atomic E-state index is 12.2. The first-order valence-corrected chi connectivity index (χ1v) is 8.77. The molecule has 0 radical (unpaired) electrons. The van der Waals surface area contributed by atoms with Crippen molar-refractivity contribution < 1.29 is 9.53 Å². The van der Waals surface area contributed by atoms with E-state index in [-0.39, 0.29) is 11.6 Å². The van der Waals surface area contributed by atoms with Gasteiger partial charge in [0.1, 0.15) is 17.3 Å². The van der Waals surface area contributed by atoms with E-state index in [1.807, 2.05) is 36.4 Å². The van der Waals surface area contributed by atoms with Gasteiger partial charge in [-0.05, 0) is 42.3 Å². The normalized spacial score (nSPS) is 10.3. The largest absolute Gasteiger partial charge is 0.497 e. The summed E-state index contributed by atoms with van der Waals surface area (Å²) in [7, 11) is 1.63. The van der Waals surface area contributed by atoms with Crippen LogP contribution >= 0.6 is 11.6 Å². The van der Waals surface area contributed by atoms with Crippen molar-refractivity contribution in [2.24, 2.45) is 0 Å². The van der Waals surface area contributed by atoms with Crippen LogP contribution in [0.4, 0.5) is 11.5 Å². The first kappa shape index (κ1) is 18.7. The third-order valence-electron chi connectivity index (χ3n) is 3.81. The highest BCUT2D eigenvalue weighted by atomic mass is 35.5. The number of carbonyl (C=O) groups excluding carboxylic acids is 1. The van der Waals surface area contributed by atoms with Crippen LogP contribution in [0.1, 0.15) is 16.1 Å². The summed E-state index contributed by atoms with van der Waals surface area (Å²) < 4.78 is 5.19. The number of hydrogen-bond donors (Lipinski definition) is 2. The van der Waals surface area contributed by atoms with Crippen molar-refractivity contribution in [3.8, 4) is 5.75 Å². The van der Waals surface area contributed by atoms with Crippen LogP contribution in [0.5, 0.6) is 5.75 Å². The minimum atomic E-state index is -0.264. The molecule has 0 unspecified atom stereocenters. The van der Waals surface area contributed by atoms with Crippen LogP contribution in [0.3, 0.4) is 0 Å². The molecule has 27 heavy (non-hydrogen) atoms. The maximum atomic E-state index is 12.2. The number of benzene rings is 2. The Morgan fingerprint density at radius 2 is 1.96 bits per heavy atom. The monoisotopic (exact) mass is 382 g/mol. The van der Waals surface area contributed by atoms with E-state index in [0.29, 0.717) is 23.8 Å². The third kappa shape index (κ3) is 5.43. The van der Waals surface area contributed by atoms with Gasteiger partial charge < -0.3 is 15.4 Å². The van der Waals surface area contributed by atoms with Gasteiger partial charge in [-0.3, -0.25) is 4.79 Å². The minimum Gasteiger partial charge on any atom is -0.497 e. The average Bonchev–Trinajstić information content (AvgIpc) is 2.69. The van der Waals surface area contributed by atoms with E-state index >= 15 is 0 Å². The summed E-state index contributed by atoms with van der Waals surface area (Å²) in [6.45, 7) is 0.496. The van der Waals surface area contributed by atoms with Gasteiger partial charge in [-0.1, -0.05) is 29.8 Å². The number of carbonyl (C=O) groups is 1. The highest BCUT2D eigenvalue weighted by molar-refractivity contribution is 6.30. The van der Waals surface area contributed by atoms with Crippen LogP contribution in [0, 0.1) is 0 Å². The predicted octanol–water partition coefficient (Wildman–Crippen LogP) is 3.85. The number of nitrogens with zero attached hydrogens (tertiary/aromatic N) is 2. The molecule has 0 saturated carbocycles. The number of ether oxygens (including phenoxy) is 1. The number of aromatic nitrogens is 2. The molecule has 0 atom stereocenters. The molecule has 1 amide bonds. The van der Waals surface area contributed by atoms with E-state index in [9.17, 15) is 4.79 Å². The molecule has 0 aliphatic heterocycles. The topological polar surface area (TPSA) is 76.1 Å². The molecule has 6 nitrogen and oxygen atoms in total. The fourth-order valence-electron chi connectivity index (χ4n) is 2.46. The Balaban J connectivity index is 1.52. The van der Waals surface area contributed by atoms with E-state index in [4.69, 9.17) is 16.3 Å². The molecule has 138 valence electrons. The molecule has 3 rings (SSSR count). The molecule has 0 aliphatic rings. The zero-order valence-corrected chi connectivity index (χ0v) is 15.5. The Kier molecular flexibility index (Phi) is 6.22. The van der Waals surface area contributed by atoms with Gasteiger partial charge in [-0.25, -0.2) is 9.97 Å². The van der Waals surface area contributed by atoms with Crippen LogP contribution in [0.25, 0.3) is 0 Å². The van der Waals surface area contributed by atoms with Gasteiger partial charge in [-0.2, -0.15) is 0 Å². The number of methoxy groups -OCH3 is 1. The van der Waals surface area contributed by atoms with Gasteiger partial charge in [0.05, 0.1) is 19.5 Å². The molecule has 1 aromatic heterocycles. The molecule has 0 aliphatic carbocycles. The van der Waals surface area contributed by atoms with Crippen LogP contribution in [-0.2, 0) is 6.42 Å². The Morgan fingerprint density at radius 1 is 1.11 bits per heavy atom. The fourth-order valence-corrected chi connectivity index (χ4v) is 2.65. The molecule has 1 heterocycles. The van der Waals surface area contributed by atoms with Crippen molar-refractivity contribution in [2.45, 2.75) is 6.42 Å². The van der Waals surface area contributed by atoms with Crippen molar-refractivity contribution in [1.29, 1.82) is 0 Å². The highest BCUT2D eigenvalue weighted by Crippen LogP contribution is 2.18. The zero-order chi connectivity index (χ0) is 19.1. The summed E-state index contributed by atoms with van der Waals surface area (Å²) in [4.78, 5) is 20.6. The standard InChI is InChI=1S/C20H19ClN4O2/c1-27-17-7-2-4-14(10-17)8-9-22-20(26)18-12-24-19(13-23-18)25-16-6-3-5-15(21)11-16/h2-7,10-13H,8-9H2,1H3,(H,22,26)(H,24,25). The van der Waals surface area contributed by atoms with Crippen LogP contribution in [0.2, 0.25) is 5.02 Å². The molecule has 2 N–H and O–H groups in total. The van der Waals surface area contributed by atoms with E-state index in [0.717, 1.165) is 17.0 Å². The molecule has 0 saturated heterocycles. The van der Waals surface area contributed by atoms with E-state index in [1.54, 1.807) is 19.2 Å². The zero-order valence-electron chi connectivity index (χ0n) is 14.8. The minimum absolute atomic E-state index is 0.261. The summed E-state index contributed by atoms with van der Waals surface area (Å²) in [5.41, 5.74) is 2.14. The van der Waals surface area contributed by atoms with Gasteiger partial charge in [0.15, 0.2) is 0 Å². The second kappa shape index (κ2) is 9.00. The second-order valence-electron chi connectivity index (χ2n) is 5.78. The Hall–Kier alpha value is -3.12. The average molecular weight is 383 g/mol. The first-order chi connectivity index (χ1) is 13.1. The van der Waals surface area contributed by atoms with Crippen LogP contribution < -0.4 is 15.4 Å². The maximum Gasteiger partial charge on any atom is 0.271 e. The molecular formula is C20H19ClN4O2. The quantitative estimate of drug-likeness (QED) is 0.649.